The first-order chi connectivity index (χ1) is 32.5. The van der Waals surface area contributed by atoms with Gasteiger partial charge in [-0.25, -0.2) is 0 Å². The van der Waals surface area contributed by atoms with Crippen molar-refractivity contribution in [1.29, 1.82) is 0 Å². The molecule has 7 aromatic rings. The Bertz CT molecular complexity index is 2610. The largest absolute Gasteiger partial charge is 0.497 e. The number of carbonyl (C=O) groups is 2. The van der Waals surface area contributed by atoms with Gasteiger partial charge >= 0.3 is 11.9 Å². The van der Waals surface area contributed by atoms with Gasteiger partial charge in [-0.15, -0.1) is 0 Å². The summed E-state index contributed by atoms with van der Waals surface area (Å²) in [6.07, 6.45) is 6.94. The topological polar surface area (TPSA) is 74.3 Å². The van der Waals surface area contributed by atoms with E-state index in [0.29, 0.717) is 23.3 Å². The molecule has 0 aliphatic rings. The molecule has 2 atom stereocenters. The molecule has 0 saturated heterocycles. The van der Waals surface area contributed by atoms with Crippen LogP contribution in [0.1, 0.15) is 98.2 Å². The summed E-state index contributed by atoms with van der Waals surface area (Å²) < 4.78 is 21.1. The van der Waals surface area contributed by atoms with Crippen LogP contribution < -0.4 is 23.8 Å². The fourth-order valence-electron chi connectivity index (χ4n) is 8.22. The second-order valence-corrected chi connectivity index (χ2v) is 16.7. The molecule has 7 aromatic carbocycles. The van der Waals surface area contributed by atoms with E-state index in [2.05, 4.69) is 148 Å². The number of anilines is 3. The normalized spacial score (nSPS) is 11.9. The number of aryl methyl sites for hydroxylation is 2. The van der Waals surface area contributed by atoms with E-state index in [1.165, 1.54) is 55.4 Å². The van der Waals surface area contributed by atoms with Crippen LogP contribution in [0.5, 0.6) is 23.0 Å². The summed E-state index contributed by atoms with van der Waals surface area (Å²) in [5.41, 5.74) is 12.5. The van der Waals surface area contributed by atoms with Gasteiger partial charge in [0, 0.05) is 36.8 Å². The molecule has 0 aromatic heterocycles. The molecular formula is C60H63NO6. The van der Waals surface area contributed by atoms with Crippen LogP contribution in [-0.2, 0) is 9.59 Å². The number of rotatable bonds is 17. The first-order valence-electron chi connectivity index (χ1n) is 23.1. The highest BCUT2D eigenvalue weighted by molar-refractivity contribution is 5.92. The molecule has 0 aliphatic carbocycles. The maximum Gasteiger partial charge on any atom is 0.308 e. The summed E-state index contributed by atoms with van der Waals surface area (Å²) in [6.45, 7) is 11.5. The molecule has 344 valence electrons. The van der Waals surface area contributed by atoms with E-state index in [1.807, 2.05) is 60.7 Å². The molecule has 0 fully saturated rings. The Morgan fingerprint density at radius 1 is 0.507 bits per heavy atom. The molecule has 7 heteroatoms. The molecule has 0 saturated carbocycles. The summed E-state index contributed by atoms with van der Waals surface area (Å²) in [7, 11) is 3.36. The summed E-state index contributed by atoms with van der Waals surface area (Å²) in [6, 6.07) is 57.7. The Hall–Kier alpha value is -7.38. The van der Waals surface area contributed by atoms with Gasteiger partial charge in [0.15, 0.2) is 0 Å². The van der Waals surface area contributed by atoms with Gasteiger partial charge in [-0.1, -0.05) is 129 Å². The number of hydrogen-bond acceptors (Lipinski definition) is 7. The van der Waals surface area contributed by atoms with Gasteiger partial charge in [0.25, 0.3) is 0 Å². The van der Waals surface area contributed by atoms with Crippen LogP contribution in [-0.4, -0.2) is 26.2 Å². The molecule has 0 spiro atoms. The maximum atomic E-state index is 11.4. The van der Waals surface area contributed by atoms with Crippen molar-refractivity contribution >= 4 is 40.6 Å². The van der Waals surface area contributed by atoms with E-state index in [4.69, 9.17) is 18.9 Å². The standard InChI is InChI=1S/C37H33NO3.C23H30O3/c1-26-5-15-32(16-6-26)38(33-17-7-27(2)8-18-33)34-19-9-29(10-20-34)25-37(30-11-21-35(40-4)22-12-30)31-13-23-36(24-14-31)41-28(3)39;1-5-7-8-18(6-2)23(19-9-13-21(25-4)14-10-19)20-11-15-22(16-12-20)26-17(3)24/h5-25H,1-4H3;9-16,18,23H,5-8H2,1-4H3. The highest BCUT2D eigenvalue weighted by Gasteiger charge is 2.24. The Morgan fingerprint density at radius 2 is 0.881 bits per heavy atom. The van der Waals surface area contributed by atoms with Crippen LogP contribution in [0.2, 0.25) is 0 Å². The van der Waals surface area contributed by atoms with Gasteiger partial charge in [0.05, 0.1) is 14.2 Å². The molecular weight excluding hydrogens is 831 g/mol. The number of benzene rings is 7. The van der Waals surface area contributed by atoms with Gasteiger partial charge in [0.2, 0.25) is 0 Å². The third kappa shape index (κ3) is 13.8. The fraction of sp³-hybridized carbons (Fsp3) is 0.233. The highest BCUT2D eigenvalue weighted by atomic mass is 16.5. The van der Waals surface area contributed by atoms with Crippen molar-refractivity contribution in [3.8, 4) is 23.0 Å². The van der Waals surface area contributed by atoms with Gasteiger partial charge in [-0.3, -0.25) is 9.59 Å². The van der Waals surface area contributed by atoms with Crippen molar-refractivity contribution in [3.63, 3.8) is 0 Å². The van der Waals surface area contributed by atoms with Crippen LogP contribution in [0.4, 0.5) is 17.1 Å². The van der Waals surface area contributed by atoms with Gasteiger partial charge in [0.1, 0.15) is 23.0 Å². The molecule has 0 N–H and O–H groups in total. The van der Waals surface area contributed by atoms with Crippen molar-refractivity contribution in [2.45, 2.75) is 73.1 Å². The number of methoxy groups -OCH3 is 2. The number of esters is 2. The molecule has 0 bridgehead atoms. The number of nitrogens with zero attached hydrogens (tertiary/aromatic N) is 1. The van der Waals surface area contributed by atoms with Gasteiger partial charge in [-0.2, -0.15) is 0 Å². The Balaban J connectivity index is 0.000000246. The summed E-state index contributed by atoms with van der Waals surface area (Å²) in [4.78, 5) is 24.8. The maximum absolute atomic E-state index is 11.4. The average molecular weight is 894 g/mol. The molecule has 0 aliphatic heterocycles. The number of unbranched alkanes of at least 4 members (excludes halogenated alkanes) is 1. The van der Waals surface area contributed by atoms with E-state index >= 15 is 0 Å². The lowest BCUT2D eigenvalue weighted by Crippen LogP contribution is -2.14. The van der Waals surface area contributed by atoms with E-state index in [1.54, 1.807) is 14.2 Å². The third-order valence-corrected chi connectivity index (χ3v) is 11.8. The molecule has 0 heterocycles. The first kappa shape index (κ1) is 49.1. The van der Waals surface area contributed by atoms with Crippen molar-refractivity contribution in [2.24, 2.45) is 5.92 Å². The lowest BCUT2D eigenvalue weighted by atomic mass is 9.77. The van der Waals surface area contributed by atoms with Crippen LogP contribution >= 0.6 is 0 Å². The van der Waals surface area contributed by atoms with Crippen LogP contribution in [0.15, 0.2) is 170 Å². The monoisotopic (exact) mass is 893 g/mol. The molecule has 7 rings (SSSR count). The second-order valence-electron chi connectivity index (χ2n) is 16.7. The minimum Gasteiger partial charge on any atom is -0.497 e. The van der Waals surface area contributed by atoms with Crippen molar-refractivity contribution in [1.82, 2.24) is 0 Å². The quantitative estimate of drug-likeness (QED) is 0.0512. The molecule has 2 unspecified atom stereocenters. The van der Waals surface area contributed by atoms with Crippen LogP contribution in [0.3, 0.4) is 0 Å². The number of ether oxygens (including phenoxy) is 4. The minimum absolute atomic E-state index is 0.293. The third-order valence-electron chi connectivity index (χ3n) is 11.8. The minimum atomic E-state index is -0.339. The van der Waals surface area contributed by atoms with Crippen molar-refractivity contribution < 1.29 is 28.5 Å². The van der Waals surface area contributed by atoms with Crippen molar-refractivity contribution in [3.05, 3.63) is 209 Å². The smallest absolute Gasteiger partial charge is 0.308 e. The van der Waals surface area contributed by atoms with E-state index in [9.17, 15) is 9.59 Å². The lowest BCUT2D eigenvalue weighted by Gasteiger charge is -2.28. The second kappa shape index (κ2) is 24.2. The zero-order valence-corrected chi connectivity index (χ0v) is 40.1. The van der Waals surface area contributed by atoms with Crippen molar-refractivity contribution in [2.75, 3.05) is 19.1 Å². The lowest BCUT2D eigenvalue weighted by molar-refractivity contribution is -0.132. The van der Waals surface area contributed by atoms with E-state index in [0.717, 1.165) is 57.2 Å². The zero-order valence-electron chi connectivity index (χ0n) is 40.1. The first-order valence-corrected chi connectivity index (χ1v) is 23.1. The Morgan fingerprint density at radius 3 is 1.25 bits per heavy atom. The predicted octanol–water partition coefficient (Wildman–Crippen LogP) is 15.3. The van der Waals surface area contributed by atoms with Crippen LogP contribution in [0.25, 0.3) is 11.6 Å². The summed E-state index contributed by atoms with van der Waals surface area (Å²) in [5, 5.41) is 0. The average Bonchev–Trinajstić information content (AvgIpc) is 3.34. The summed E-state index contributed by atoms with van der Waals surface area (Å²) >= 11 is 0. The molecule has 0 amide bonds. The zero-order chi connectivity index (χ0) is 47.7. The molecule has 7 nitrogen and oxygen atoms in total. The SMILES string of the molecule is CCCCC(CC)C(c1ccc(OC)cc1)c1ccc(OC(C)=O)cc1.COc1ccc(C(=Cc2ccc(N(c3ccc(C)cc3)c3ccc(C)cc3)cc2)c2ccc(OC(C)=O)cc2)cc1. The number of hydrogen-bond donors (Lipinski definition) is 0. The van der Waals surface area contributed by atoms with Gasteiger partial charge in [-0.05, 0) is 151 Å². The van der Waals surface area contributed by atoms with E-state index in [-0.39, 0.29) is 11.9 Å². The molecule has 0 radical (unpaired) electrons. The Labute approximate surface area is 397 Å². The van der Waals surface area contributed by atoms with Crippen LogP contribution in [0, 0.1) is 19.8 Å². The highest BCUT2D eigenvalue weighted by Crippen LogP contribution is 2.39. The van der Waals surface area contributed by atoms with Gasteiger partial charge < -0.3 is 23.8 Å². The Kier molecular flexibility index (Phi) is 17.7. The van der Waals surface area contributed by atoms with E-state index < -0.39 is 0 Å². The number of carbonyl (C=O) groups excluding carboxylic acids is 2. The molecule has 67 heavy (non-hydrogen) atoms. The summed E-state index contributed by atoms with van der Waals surface area (Å²) in [5.74, 6) is 3.05. The fourth-order valence-corrected chi connectivity index (χ4v) is 8.22. The predicted molar refractivity (Wildman–Crippen MR) is 274 cm³/mol.